The number of amidine groups is 1. The smallest absolute Gasteiger partial charge is 0.140 e. The Morgan fingerprint density at radius 1 is 1.58 bits per heavy atom. The van der Waals surface area contributed by atoms with Crippen LogP contribution in [-0.2, 0) is 4.74 Å². The van der Waals surface area contributed by atoms with Crippen molar-refractivity contribution < 1.29 is 9.84 Å². The largest absolute Gasteiger partial charge is 0.394 e. The van der Waals surface area contributed by atoms with E-state index in [4.69, 9.17) is 15.9 Å². The topological polar surface area (TPSA) is 95.5 Å². The summed E-state index contributed by atoms with van der Waals surface area (Å²) in [4.78, 5) is 6.52. The Balaban J connectivity index is 2.34. The predicted molar refractivity (Wildman–Crippen MR) is 73.6 cm³/mol. The van der Waals surface area contributed by atoms with Crippen LogP contribution >= 0.6 is 0 Å². The zero-order valence-electron chi connectivity index (χ0n) is 11.3. The van der Waals surface area contributed by atoms with E-state index in [0.717, 1.165) is 5.69 Å². The molecule has 0 amide bonds. The molecule has 1 aromatic rings. The molecule has 6 heteroatoms. The third-order valence-corrected chi connectivity index (χ3v) is 3.13. The number of pyridine rings is 1. The van der Waals surface area contributed by atoms with E-state index in [1.54, 1.807) is 0 Å². The molecule has 1 aliphatic rings. The fourth-order valence-corrected chi connectivity index (χ4v) is 2.31. The van der Waals surface area contributed by atoms with E-state index >= 15 is 0 Å². The molecule has 104 valence electrons. The van der Waals surface area contributed by atoms with E-state index in [9.17, 15) is 5.11 Å². The first-order valence-electron chi connectivity index (χ1n) is 6.34. The van der Waals surface area contributed by atoms with Gasteiger partial charge >= 0.3 is 0 Å². The van der Waals surface area contributed by atoms with Gasteiger partial charge in [-0.3, -0.25) is 5.41 Å². The highest BCUT2D eigenvalue weighted by atomic mass is 16.5. The summed E-state index contributed by atoms with van der Waals surface area (Å²) in [7, 11) is 0. The third-order valence-electron chi connectivity index (χ3n) is 3.13. The first-order valence-corrected chi connectivity index (χ1v) is 6.34. The molecule has 4 N–H and O–H groups in total. The molecule has 0 bridgehead atoms. The fraction of sp³-hybridized carbons (Fsp3) is 0.538. The number of aliphatic hydroxyl groups is 1. The van der Waals surface area contributed by atoms with Gasteiger partial charge in [0, 0.05) is 18.8 Å². The molecule has 0 aromatic carbocycles. The fourth-order valence-electron chi connectivity index (χ4n) is 2.31. The maximum atomic E-state index is 9.27. The van der Waals surface area contributed by atoms with Gasteiger partial charge in [-0.05, 0) is 26.0 Å². The molecule has 2 atom stereocenters. The van der Waals surface area contributed by atoms with Crippen LogP contribution in [-0.4, -0.2) is 47.8 Å². The number of aromatic nitrogens is 1. The predicted octanol–water partition coefficient (Wildman–Crippen LogP) is 0.260. The Bertz CT molecular complexity index is 478. The highest BCUT2D eigenvalue weighted by Crippen LogP contribution is 2.22. The number of nitrogens with two attached hydrogens (primary N) is 1. The molecular weight excluding hydrogens is 244 g/mol. The molecule has 1 fully saturated rings. The van der Waals surface area contributed by atoms with Crippen LogP contribution < -0.4 is 10.6 Å². The lowest BCUT2D eigenvalue weighted by atomic mass is 10.1. The molecule has 19 heavy (non-hydrogen) atoms. The van der Waals surface area contributed by atoms with Crippen LogP contribution in [0.1, 0.15) is 18.2 Å². The highest BCUT2D eigenvalue weighted by molar-refractivity contribution is 5.99. The normalized spacial score (nSPS) is 23.4. The molecule has 0 saturated carbocycles. The average Bonchev–Trinajstić information content (AvgIpc) is 2.37. The number of morpholine rings is 1. The minimum Gasteiger partial charge on any atom is -0.394 e. The molecule has 0 aliphatic carbocycles. The molecule has 0 radical (unpaired) electrons. The van der Waals surface area contributed by atoms with Gasteiger partial charge in [-0.25, -0.2) is 4.98 Å². The van der Waals surface area contributed by atoms with Gasteiger partial charge in [-0.2, -0.15) is 0 Å². The van der Waals surface area contributed by atoms with Crippen molar-refractivity contribution in [1.82, 2.24) is 4.98 Å². The molecule has 1 saturated heterocycles. The SMILES string of the molecule is Cc1ccc(C(=N)N)c(N2CC(C)OC(CO)C2)n1. The van der Waals surface area contributed by atoms with Gasteiger partial charge in [-0.15, -0.1) is 0 Å². The van der Waals surface area contributed by atoms with Crippen molar-refractivity contribution in [2.75, 3.05) is 24.6 Å². The van der Waals surface area contributed by atoms with Crippen molar-refractivity contribution in [3.63, 3.8) is 0 Å². The Morgan fingerprint density at radius 2 is 2.32 bits per heavy atom. The maximum Gasteiger partial charge on any atom is 0.140 e. The maximum absolute atomic E-state index is 9.27. The standard InChI is InChI=1S/C13H20N4O2/c1-8-3-4-11(12(14)15)13(16-8)17-5-9(2)19-10(6-17)7-18/h3-4,9-10,18H,5-7H2,1-2H3,(H3,14,15). The molecule has 2 unspecified atom stereocenters. The van der Waals surface area contributed by atoms with Crippen molar-refractivity contribution in [1.29, 1.82) is 5.41 Å². The van der Waals surface area contributed by atoms with Gasteiger partial charge < -0.3 is 20.5 Å². The summed E-state index contributed by atoms with van der Waals surface area (Å²) in [6.07, 6.45) is -0.223. The van der Waals surface area contributed by atoms with E-state index in [0.29, 0.717) is 24.5 Å². The zero-order valence-corrected chi connectivity index (χ0v) is 11.3. The second kappa shape index (κ2) is 5.54. The molecule has 6 nitrogen and oxygen atoms in total. The Labute approximate surface area is 112 Å². The first kappa shape index (κ1) is 13.8. The van der Waals surface area contributed by atoms with Crippen molar-refractivity contribution in [2.45, 2.75) is 26.1 Å². The van der Waals surface area contributed by atoms with Crippen LogP contribution in [0.3, 0.4) is 0 Å². The minimum atomic E-state index is -0.231. The van der Waals surface area contributed by atoms with Gasteiger partial charge in [0.15, 0.2) is 0 Å². The van der Waals surface area contributed by atoms with Crippen molar-refractivity contribution in [3.05, 3.63) is 23.4 Å². The van der Waals surface area contributed by atoms with E-state index < -0.39 is 0 Å². The van der Waals surface area contributed by atoms with Crippen LogP contribution in [0.5, 0.6) is 0 Å². The lowest BCUT2D eigenvalue weighted by Gasteiger charge is -2.37. The van der Waals surface area contributed by atoms with Gasteiger partial charge in [0.05, 0.1) is 24.4 Å². The lowest BCUT2D eigenvalue weighted by molar-refractivity contribution is -0.0423. The number of anilines is 1. The molecule has 0 spiro atoms. The van der Waals surface area contributed by atoms with Crippen LogP contribution in [0.15, 0.2) is 12.1 Å². The number of nitrogens with one attached hydrogen (secondary N) is 1. The van der Waals surface area contributed by atoms with Crippen molar-refractivity contribution >= 4 is 11.7 Å². The highest BCUT2D eigenvalue weighted by Gasteiger charge is 2.27. The molecule has 2 rings (SSSR count). The Morgan fingerprint density at radius 3 is 2.95 bits per heavy atom. The van der Waals surface area contributed by atoms with E-state index in [1.165, 1.54) is 0 Å². The number of aliphatic hydroxyl groups excluding tert-OH is 1. The van der Waals surface area contributed by atoms with Crippen molar-refractivity contribution in [2.24, 2.45) is 5.73 Å². The number of hydrogen-bond acceptors (Lipinski definition) is 5. The number of aryl methyl sites for hydroxylation is 1. The lowest BCUT2D eigenvalue weighted by Crippen LogP contribution is -2.49. The molecule has 1 aliphatic heterocycles. The summed E-state index contributed by atoms with van der Waals surface area (Å²) in [5.41, 5.74) is 7.11. The molecular formula is C13H20N4O2. The van der Waals surface area contributed by atoms with E-state index in [2.05, 4.69) is 4.98 Å². The number of nitrogen functional groups attached to an aromatic ring is 1. The van der Waals surface area contributed by atoms with E-state index in [1.807, 2.05) is 30.9 Å². The van der Waals surface area contributed by atoms with Crippen LogP contribution in [0.25, 0.3) is 0 Å². The van der Waals surface area contributed by atoms with Crippen LogP contribution in [0.2, 0.25) is 0 Å². The monoisotopic (exact) mass is 264 g/mol. The Kier molecular flexibility index (Phi) is 4.01. The summed E-state index contributed by atoms with van der Waals surface area (Å²) in [5.74, 6) is 0.697. The number of ether oxygens (including phenoxy) is 1. The quantitative estimate of drug-likeness (QED) is 0.537. The molecule has 1 aromatic heterocycles. The van der Waals surface area contributed by atoms with Crippen LogP contribution in [0, 0.1) is 12.3 Å². The minimum absolute atomic E-state index is 0.00203. The summed E-state index contributed by atoms with van der Waals surface area (Å²) in [5, 5.41) is 16.9. The summed E-state index contributed by atoms with van der Waals surface area (Å²) < 4.78 is 5.61. The number of hydrogen-bond donors (Lipinski definition) is 3. The second-order valence-electron chi connectivity index (χ2n) is 4.89. The van der Waals surface area contributed by atoms with E-state index in [-0.39, 0.29) is 24.7 Å². The summed E-state index contributed by atoms with van der Waals surface area (Å²) in [6, 6.07) is 3.65. The Hall–Kier alpha value is -1.66. The van der Waals surface area contributed by atoms with Gasteiger partial charge in [0.25, 0.3) is 0 Å². The third kappa shape index (κ3) is 3.02. The van der Waals surface area contributed by atoms with Gasteiger partial charge in [0.2, 0.25) is 0 Å². The summed E-state index contributed by atoms with van der Waals surface area (Å²) >= 11 is 0. The average molecular weight is 264 g/mol. The molecule has 2 heterocycles. The van der Waals surface area contributed by atoms with Gasteiger partial charge in [-0.1, -0.05) is 0 Å². The van der Waals surface area contributed by atoms with Crippen molar-refractivity contribution in [3.8, 4) is 0 Å². The summed E-state index contributed by atoms with van der Waals surface area (Å²) in [6.45, 7) is 5.06. The number of rotatable bonds is 3. The van der Waals surface area contributed by atoms with Gasteiger partial charge in [0.1, 0.15) is 11.7 Å². The number of nitrogens with zero attached hydrogens (tertiary/aromatic N) is 2. The van der Waals surface area contributed by atoms with Crippen LogP contribution in [0.4, 0.5) is 5.82 Å². The first-order chi connectivity index (χ1) is 9.01. The zero-order chi connectivity index (χ0) is 14.0. The second-order valence-corrected chi connectivity index (χ2v) is 4.89.